The highest BCUT2D eigenvalue weighted by Crippen LogP contribution is 2.40. The van der Waals surface area contributed by atoms with E-state index in [1.165, 1.54) is 0 Å². The molecule has 0 aliphatic carbocycles. The second kappa shape index (κ2) is 9.60. The van der Waals surface area contributed by atoms with Crippen LogP contribution in [0.1, 0.15) is 54.9 Å². The Morgan fingerprint density at radius 1 is 0.969 bits per heavy atom. The molecule has 182 valence electrons. The van der Waals surface area contributed by atoms with Gasteiger partial charge in [-0.25, -0.2) is 4.98 Å². The number of hydrogen-bond donors (Lipinski definition) is 1. The van der Waals surface area contributed by atoms with Crippen molar-refractivity contribution in [3.63, 3.8) is 0 Å². The monoisotopic (exact) mass is 477 g/mol. The number of rotatable bonds is 9. The Labute approximate surface area is 198 Å². The Morgan fingerprint density at radius 3 is 2.09 bits per heavy atom. The van der Waals surface area contributed by atoms with Crippen molar-refractivity contribution in [2.75, 3.05) is 12.3 Å². The molecule has 1 heterocycles. The SMILES string of the molecule is C[C@@H](Cn1c(N)nc2ccccc21)[C@H](CCO[Si](C)(C)C(C)(C)C)O[Si](C)(C)C(C)(C)C. The molecule has 0 unspecified atom stereocenters. The quantitative estimate of drug-likeness (QED) is 0.393. The van der Waals surface area contributed by atoms with Crippen LogP contribution in [0.3, 0.4) is 0 Å². The summed E-state index contributed by atoms with van der Waals surface area (Å²) in [5.74, 6) is 0.855. The summed E-state index contributed by atoms with van der Waals surface area (Å²) < 4.78 is 15.6. The Kier molecular flexibility index (Phi) is 8.13. The van der Waals surface area contributed by atoms with Gasteiger partial charge in [0.25, 0.3) is 0 Å². The predicted molar refractivity (Wildman–Crippen MR) is 143 cm³/mol. The van der Waals surface area contributed by atoms with Gasteiger partial charge < -0.3 is 19.2 Å². The van der Waals surface area contributed by atoms with Gasteiger partial charge in [0.15, 0.2) is 16.6 Å². The van der Waals surface area contributed by atoms with Crippen LogP contribution in [0.4, 0.5) is 5.95 Å². The van der Waals surface area contributed by atoms with E-state index in [0.717, 1.165) is 30.6 Å². The number of anilines is 1. The van der Waals surface area contributed by atoms with E-state index in [1.807, 2.05) is 18.2 Å². The van der Waals surface area contributed by atoms with E-state index in [9.17, 15) is 0 Å². The molecule has 0 amide bonds. The molecule has 2 atom stereocenters. The summed E-state index contributed by atoms with van der Waals surface area (Å²) in [6.07, 6.45) is 1.01. The van der Waals surface area contributed by atoms with Gasteiger partial charge in [-0.1, -0.05) is 60.6 Å². The van der Waals surface area contributed by atoms with Crippen LogP contribution >= 0.6 is 0 Å². The second-order valence-corrected chi connectivity index (χ2v) is 21.9. The van der Waals surface area contributed by atoms with E-state index in [2.05, 4.69) is 90.3 Å². The zero-order valence-corrected chi connectivity index (χ0v) is 24.4. The molecule has 0 saturated heterocycles. The third-order valence-corrected chi connectivity index (χ3v) is 16.8. The number of imidazole rings is 1. The first kappa shape index (κ1) is 27.1. The molecule has 5 nitrogen and oxygen atoms in total. The average molecular weight is 478 g/mol. The van der Waals surface area contributed by atoms with Gasteiger partial charge in [0.05, 0.1) is 17.1 Å². The van der Waals surface area contributed by atoms with Gasteiger partial charge in [0.2, 0.25) is 5.95 Å². The fourth-order valence-corrected chi connectivity index (χ4v) is 5.87. The summed E-state index contributed by atoms with van der Waals surface area (Å²) in [5, 5.41) is 0.366. The normalized spacial score (nSPS) is 15.8. The van der Waals surface area contributed by atoms with Crippen molar-refractivity contribution in [3.8, 4) is 0 Å². The van der Waals surface area contributed by atoms with E-state index in [1.54, 1.807) is 0 Å². The van der Waals surface area contributed by atoms with Gasteiger partial charge >= 0.3 is 0 Å². The molecule has 1 aromatic heterocycles. The van der Waals surface area contributed by atoms with Crippen molar-refractivity contribution < 1.29 is 8.85 Å². The highest BCUT2D eigenvalue weighted by atomic mass is 28.4. The molecule has 0 saturated carbocycles. The molecule has 0 aliphatic heterocycles. The molecule has 0 radical (unpaired) electrons. The predicted octanol–water partition coefficient (Wildman–Crippen LogP) is 7.06. The van der Waals surface area contributed by atoms with Gasteiger partial charge in [-0.3, -0.25) is 0 Å². The standard InChI is InChI=1S/C25H47N3O2Si2/c1-19(18-28-21-15-13-12-14-20(21)27-23(28)26)22(30-32(10,11)25(5,6)7)16-17-29-31(8,9)24(2,3)4/h12-15,19,22H,16-18H2,1-11H3,(H2,26,27)/t19-,22-/m0/s1. The first-order valence-corrected chi connectivity index (χ1v) is 17.8. The van der Waals surface area contributed by atoms with Crippen molar-refractivity contribution in [1.82, 2.24) is 9.55 Å². The first-order chi connectivity index (χ1) is 14.5. The molecule has 2 N–H and O–H groups in total. The van der Waals surface area contributed by atoms with Crippen LogP contribution in [0.25, 0.3) is 11.0 Å². The van der Waals surface area contributed by atoms with Gasteiger partial charge in [-0.2, -0.15) is 0 Å². The molecule has 2 aromatic rings. The minimum atomic E-state index is -1.93. The summed E-state index contributed by atoms with van der Waals surface area (Å²) in [6.45, 7) is 26.9. The molecule has 0 spiro atoms. The van der Waals surface area contributed by atoms with Crippen LogP contribution in [0.2, 0.25) is 36.3 Å². The van der Waals surface area contributed by atoms with Crippen LogP contribution in [0, 0.1) is 5.92 Å². The van der Waals surface area contributed by atoms with Crippen LogP contribution < -0.4 is 5.73 Å². The highest BCUT2D eigenvalue weighted by molar-refractivity contribution is 6.74. The van der Waals surface area contributed by atoms with Crippen LogP contribution in [0.15, 0.2) is 24.3 Å². The molecule has 0 bridgehead atoms. The van der Waals surface area contributed by atoms with E-state index in [4.69, 9.17) is 14.6 Å². The van der Waals surface area contributed by atoms with Crippen molar-refractivity contribution in [2.24, 2.45) is 5.92 Å². The van der Waals surface area contributed by atoms with Crippen molar-refractivity contribution in [2.45, 2.75) is 104 Å². The van der Waals surface area contributed by atoms with Crippen LogP contribution in [0.5, 0.6) is 0 Å². The molecule has 32 heavy (non-hydrogen) atoms. The summed E-state index contributed by atoms with van der Waals surface area (Å²) >= 11 is 0. The summed E-state index contributed by atoms with van der Waals surface area (Å²) in [5.41, 5.74) is 8.33. The smallest absolute Gasteiger partial charge is 0.201 e. The number of hydrogen-bond acceptors (Lipinski definition) is 4. The van der Waals surface area contributed by atoms with Crippen molar-refractivity contribution >= 4 is 33.6 Å². The average Bonchev–Trinajstić information content (AvgIpc) is 2.94. The maximum Gasteiger partial charge on any atom is 0.201 e. The van der Waals surface area contributed by atoms with Gasteiger partial charge in [0, 0.05) is 13.2 Å². The van der Waals surface area contributed by atoms with Crippen LogP contribution in [-0.2, 0) is 15.4 Å². The van der Waals surface area contributed by atoms with E-state index in [-0.39, 0.29) is 22.1 Å². The van der Waals surface area contributed by atoms with Crippen LogP contribution in [-0.4, -0.2) is 38.9 Å². The first-order valence-electron chi connectivity index (χ1n) is 12.0. The lowest BCUT2D eigenvalue weighted by atomic mass is 10.0. The third-order valence-electron chi connectivity index (χ3n) is 7.71. The Bertz CT molecular complexity index is 895. The lowest BCUT2D eigenvalue weighted by molar-refractivity contribution is 0.0893. The lowest BCUT2D eigenvalue weighted by Gasteiger charge is -2.42. The summed E-state index contributed by atoms with van der Waals surface area (Å²) in [4.78, 5) is 4.55. The molecule has 7 heteroatoms. The van der Waals surface area contributed by atoms with Crippen molar-refractivity contribution in [3.05, 3.63) is 24.3 Å². The van der Waals surface area contributed by atoms with E-state index < -0.39 is 16.6 Å². The minimum Gasteiger partial charge on any atom is -0.417 e. The molecular formula is C25H47N3O2Si2. The summed E-state index contributed by atoms with van der Waals surface area (Å²) in [6, 6.07) is 8.16. The maximum absolute atomic E-state index is 6.97. The number of nitrogen functional groups attached to an aromatic ring is 1. The zero-order chi connectivity index (χ0) is 24.5. The fourth-order valence-electron chi connectivity index (χ4n) is 3.35. The number of fused-ring (bicyclic) bond motifs is 1. The zero-order valence-electron chi connectivity index (χ0n) is 22.4. The van der Waals surface area contributed by atoms with Gasteiger partial charge in [-0.05, 0) is 60.7 Å². The number of nitrogens with two attached hydrogens (primary N) is 1. The topological polar surface area (TPSA) is 62.3 Å². The number of nitrogens with zero attached hydrogens (tertiary/aromatic N) is 2. The Balaban J connectivity index is 2.23. The third kappa shape index (κ3) is 6.24. The van der Waals surface area contributed by atoms with Gasteiger partial charge in [-0.15, -0.1) is 0 Å². The molecule has 0 fully saturated rings. The number of para-hydroxylation sites is 2. The van der Waals surface area contributed by atoms with Crippen molar-refractivity contribution in [1.29, 1.82) is 0 Å². The van der Waals surface area contributed by atoms with E-state index >= 15 is 0 Å². The largest absolute Gasteiger partial charge is 0.417 e. The number of benzene rings is 1. The molecule has 0 aliphatic rings. The second-order valence-electron chi connectivity index (χ2n) is 12.4. The number of aromatic nitrogens is 2. The van der Waals surface area contributed by atoms with Gasteiger partial charge in [0.1, 0.15) is 0 Å². The molecular weight excluding hydrogens is 430 g/mol. The lowest BCUT2D eigenvalue weighted by Crippen LogP contribution is -2.47. The summed E-state index contributed by atoms with van der Waals surface area (Å²) in [7, 11) is -3.72. The minimum absolute atomic E-state index is 0.112. The van der Waals surface area contributed by atoms with E-state index in [0.29, 0.717) is 5.95 Å². The fraction of sp³-hybridized carbons (Fsp3) is 0.720. The molecule has 1 aromatic carbocycles. The Morgan fingerprint density at radius 2 is 1.53 bits per heavy atom. The molecule has 2 rings (SSSR count). The maximum atomic E-state index is 6.97. The highest BCUT2D eigenvalue weighted by Gasteiger charge is 2.41. The Hall–Kier alpha value is -1.16.